The van der Waals surface area contributed by atoms with Gasteiger partial charge in [0.05, 0.1) is 13.3 Å². The normalized spacial score (nSPS) is 9.53. The monoisotopic (exact) mass is 261 g/mol. The van der Waals surface area contributed by atoms with Crippen molar-refractivity contribution in [1.29, 1.82) is 0 Å². The Labute approximate surface area is 112 Å². The minimum atomic E-state index is -0.161. The number of rotatable bonds is 2. The molecule has 0 saturated carbocycles. The van der Waals surface area contributed by atoms with E-state index in [2.05, 4.69) is 10.1 Å². The average Bonchev–Trinajstić information content (AvgIpc) is 2.47. The Balaban J connectivity index is 0.000000861. The summed E-state index contributed by atoms with van der Waals surface area (Å²) in [5, 5.41) is 4.07. The number of nitrogens with zero attached hydrogens (tertiary/aromatic N) is 3. The molecule has 0 N–H and O–H groups in total. The number of hydrogen-bond acceptors (Lipinski definition) is 4. The lowest BCUT2D eigenvalue weighted by atomic mass is 10.2. The highest BCUT2D eigenvalue weighted by Crippen LogP contribution is 2.09. The Morgan fingerprint density at radius 1 is 1.21 bits per heavy atom. The van der Waals surface area contributed by atoms with E-state index >= 15 is 0 Å². The van der Waals surface area contributed by atoms with Gasteiger partial charge in [0.15, 0.2) is 5.82 Å². The van der Waals surface area contributed by atoms with E-state index in [4.69, 9.17) is 4.74 Å². The number of hydrogen-bond donors (Lipinski definition) is 0. The zero-order valence-corrected chi connectivity index (χ0v) is 12.0. The maximum absolute atomic E-state index is 12.0. The predicted octanol–water partition coefficient (Wildman–Crippen LogP) is 2.28. The van der Waals surface area contributed by atoms with Crippen molar-refractivity contribution in [2.75, 3.05) is 7.11 Å². The van der Waals surface area contributed by atoms with Crippen molar-refractivity contribution >= 4 is 0 Å². The Morgan fingerprint density at radius 2 is 1.89 bits per heavy atom. The maximum Gasteiger partial charge on any atom is 0.276 e. The van der Waals surface area contributed by atoms with Crippen LogP contribution in [0, 0.1) is 13.8 Å². The second kappa shape index (κ2) is 6.68. The van der Waals surface area contributed by atoms with E-state index in [1.165, 1.54) is 11.8 Å². The molecule has 0 unspecified atom stereocenters. The fourth-order valence-corrected chi connectivity index (χ4v) is 1.42. The number of ether oxygens (including phenoxy) is 1. The topological polar surface area (TPSA) is 57.0 Å². The molecule has 102 valence electrons. The second-order valence-corrected chi connectivity index (χ2v) is 3.71. The quantitative estimate of drug-likeness (QED) is 0.832. The lowest BCUT2D eigenvalue weighted by Crippen LogP contribution is -2.24. The molecule has 5 nitrogen and oxygen atoms in total. The molecule has 0 aliphatic carbocycles. The van der Waals surface area contributed by atoms with Crippen molar-refractivity contribution in [3.05, 3.63) is 45.9 Å². The average molecular weight is 261 g/mol. The molecule has 2 heterocycles. The summed E-state index contributed by atoms with van der Waals surface area (Å²) in [7, 11) is 1.53. The van der Waals surface area contributed by atoms with E-state index in [-0.39, 0.29) is 5.56 Å². The van der Waals surface area contributed by atoms with Gasteiger partial charge >= 0.3 is 0 Å². The fraction of sp³-hybridized carbons (Fsp3) is 0.357. The lowest BCUT2D eigenvalue weighted by molar-refractivity contribution is 0.397. The van der Waals surface area contributed by atoms with Crippen LogP contribution in [0.4, 0.5) is 0 Å². The molecular weight excluding hydrogens is 242 g/mol. The Morgan fingerprint density at radius 3 is 2.53 bits per heavy atom. The van der Waals surface area contributed by atoms with Crippen LogP contribution < -0.4 is 10.3 Å². The van der Waals surface area contributed by atoms with E-state index in [1.54, 1.807) is 31.3 Å². The number of aryl methyl sites for hydroxylation is 1. The zero-order chi connectivity index (χ0) is 14.4. The zero-order valence-electron chi connectivity index (χ0n) is 12.0. The summed E-state index contributed by atoms with van der Waals surface area (Å²) < 4.78 is 6.28. The van der Waals surface area contributed by atoms with Gasteiger partial charge in [-0.1, -0.05) is 19.9 Å². The molecule has 0 fully saturated rings. The molecule has 5 heteroatoms. The van der Waals surface area contributed by atoms with E-state index in [0.29, 0.717) is 17.3 Å². The Hall–Kier alpha value is -2.17. The standard InChI is InChI=1S/C12H13N3O2.C2H6/c1-8-7-13-15(12(16)9(8)2)10-5-4-6-11(14-10)17-3;1-2/h4-7H,1-3H3;1-2H3. The summed E-state index contributed by atoms with van der Waals surface area (Å²) in [5.41, 5.74) is 1.38. The first-order valence-electron chi connectivity index (χ1n) is 6.20. The number of aromatic nitrogens is 3. The third-order valence-electron chi connectivity index (χ3n) is 2.61. The highest BCUT2D eigenvalue weighted by atomic mass is 16.5. The summed E-state index contributed by atoms with van der Waals surface area (Å²) >= 11 is 0. The van der Waals surface area contributed by atoms with Gasteiger partial charge in [0.25, 0.3) is 5.56 Å². The highest BCUT2D eigenvalue weighted by Gasteiger charge is 2.07. The minimum Gasteiger partial charge on any atom is -0.481 e. The predicted molar refractivity (Wildman–Crippen MR) is 75.0 cm³/mol. The highest BCUT2D eigenvalue weighted by molar-refractivity contribution is 5.28. The van der Waals surface area contributed by atoms with Gasteiger partial charge < -0.3 is 4.74 Å². The van der Waals surface area contributed by atoms with Crippen molar-refractivity contribution in [3.63, 3.8) is 0 Å². The van der Waals surface area contributed by atoms with Gasteiger partial charge in [0.1, 0.15) is 0 Å². The van der Waals surface area contributed by atoms with Gasteiger partial charge in [-0.15, -0.1) is 0 Å². The molecular formula is C14H19N3O2. The SMILES string of the molecule is CC.COc1cccc(-n2ncc(C)c(C)c2=O)n1. The molecule has 0 aromatic carbocycles. The van der Waals surface area contributed by atoms with Crippen LogP contribution in [0.1, 0.15) is 25.0 Å². The van der Waals surface area contributed by atoms with Crippen LogP contribution in [0.15, 0.2) is 29.2 Å². The Kier molecular flexibility index (Phi) is 5.23. The molecule has 0 saturated heterocycles. The van der Waals surface area contributed by atoms with Crippen molar-refractivity contribution in [2.24, 2.45) is 0 Å². The summed E-state index contributed by atoms with van der Waals surface area (Å²) in [6, 6.07) is 5.20. The van der Waals surface area contributed by atoms with Gasteiger partial charge in [-0.05, 0) is 25.5 Å². The molecule has 2 aromatic heterocycles. The molecule has 0 amide bonds. The first-order chi connectivity index (χ1) is 9.13. The van der Waals surface area contributed by atoms with Gasteiger partial charge in [-0.25, -0.2) is 0 Å². The van der Waals surface area contributed by atoms with Gasteiger partial charge in [-0.2, -0.15) is 14.8 Å². The van der Waals surface area contributed by atoms with E-state index in [9.17, 15) is 4.79 Å². The van der Waals surface area contributed by atoms with Crippen molar-refractivity contribution in [2.45, 2.75) is 27.7 Å². The van der Waals surface area contributed by atoms with Gasteiger partial charge in [-0.3, -0.25) is 4.79 Å². The van der Waals surface area contributed by atoms with Crippen molar-refractivity contribution in [3.8, 4) is 11.7 Å². The van der Waals surface area contributed by atoms with Crippen LogP contribution >= 0.6 is 0 Å². The van der Waals surface area contributed by atoms with Crippen molar-refractivity contribution < 1.29 is 4.74 Å². The summed E-state index contributed by atoms with van der Waals surface area (Å²) in [4.78, 5) is 16.2. The van der Waals surface area contributed by atoms with Crippen LogP contribution in [0.5, 0.6) is 5.88 Å². The summed E-state index contributed by atoms with van der Waals surface area (Å²) in [6.07, 6.45) is 1.65. The van der Waals surface area contributed by atoms with Crippen molar-refractivity contribution in [1.82, 2.24) is 14.8 Å². The third kappa shape index (κ3) is 3.19. The molecule has 2 rings (SSSR count). The van der Waals surface area contributed by atoms with Crippen LogP contribution in [0.2, 0.25) is 0 Å². The molecule has 19 heavy (non-hydrogen) atoms. The van der Waals surface area contributed by atoms with E-state index in [1.807, 2.05) is 20.8 Å². The van der Waals surface area contributed by atoms with Crippen LogP contribution in [0.3, 0.4) is 0 Å². The lowest BCUT2D eigenvalue weighted by Gasteiger charge is -2.07. The molecule has 0 aliphatic heterocycles. The van der Waals surface area contributed by atoms with Crippen LogP contribution in [-0.2, 0) is 0 Å². The second-order valence-electron chi connectivity index (χ2n) is 3.71. The third-order valence-corrected chi connectivity index (χ3v) is 2.61. The van der Waals surface area contributed by atoms with Gasteiger partial charge in [0.2, 0.25) is 5.88 Å². The summed E-state index contributed by atoms with van der Waals surface area (Å²) in [6.45, 7) is 7.63. The molecule has 0 spiro atoms. The molecule has 0 aliphatic rings. The maximum atomic E-state index is 12.0. The van der Waals surface area contributed by atoms with E-state index < -0.39 is 0 Å². The van der Waals surface area contributed by atoms with E-state index in [0.717, 1.165) is 5.56 Å². The number of pyridine rings is 1. The molecule has 0 atom stereocenters. The largest absolute Gasteiger partial charge is 0.481 e. The Bertz CT molecular complexity index is 606. The minimum absolute atomic E-state index is 0.161. The molecule has 0 radical (unpaired) electrons. The molecule has 0 bridgehead atoms. The molecule has 2 aromatic rings. The fourth-order valence-electron chi connectivity index (χ4n) is 1.42. The first kappa shape index (κ1) is 14.9. The first-order valence-corrected chi connectivity index (χ1v) is 6.20. The smallest absolute Gasteiger partial charge is 0.276 e. The van der Waals surface area contributed by atoms with Gasteiger partial charge in [0, 0.05) is 11.6 Å². The van der Waals surface area contributed by atoms with Crippen LogP contribution in [0.25, 0.3) is 5.82 Å². The van der Waals surface area contributed by atoms with Crippen LogP contribution in [-0.4, -0.2) is 21.9 Å². The number of methoxy groups -OCH3 is 1. The summed E-state index contributed by atoms with van der Waals surface area (Å²) in [5.74, 6) is 0.909.